The van der Waals surface area contributed by atoms with Gasteiger partial charge in [0.2, 0.25) is 0 Å². The molecule has 0 amide bonds. The smallest absolute Gasteiger partial charge is 0.188 e. The molecule has 1 N–H and O–H groups in total. The van der Waals surface area contributed by atoms with Crippen LogP contribution in [-0.4, -0.2) is 9.97 Å². The van der Waals surface area contributed by atoms with E-state index in [9.17, 15) is 0 Å². The summed E-state index contributed by atoms with van der Waals surface area (Å²) >= 11 is 1.56. The van der Waals surface area contributed by atoms with Crippen molar-refractivity contribution in [2.45, 2.75) is 0 Å². The van der Waals surface area contributed by atoms with Crippen LogP contribution < -0.4 is 5.32 Å². The van der Waals surface area contributed by atoms with Crippen LogP contribution in [0.1, 0.15) is 0 Å². The van der Waals surface area contributed by atoms with Gasteiger partial charge in [0.25, 0.3) is 0 Å². The number of hydrogen-bond acceptors (Lipinski definition) is 4. The summed E-state index contributed by atoms with van der Waals surface area (Å²) in [7, 11) is 0. The molecule has 0 radical (unpaired) electrons. The Morgan fingerprint density at radius 2 is 1.94 bits per heavy atom. The number of rotatable bonds is 2. The van der Waals surface area contributed by atoms with Crippen LogP contribution in [0, 0.1) is 0 Å². The van der Waals surface area contributed by atoms with Crippen molar-refractivity contribution >= 4 is 33.1 Å². The van der Waals surface area contributed by atoms with Crippen LogP contribution in [0.5, 0.6) is 0 Å². The number of hydrogen-bond donors (Lipinski definition) is 1. The van der Waals surface area contributed by atoms with Crippen molar-refractivity contribution in [2.75, 3.05) is 5.32 Å². The monoisotopic (exact) mass is 227 g/mol. The molecule has 3 aromatic rings. The molecule has 0 aliphatic rings. The zero-order valence-corrected chi connectivity index (χ0v) is 9.24. The second-order valence-electron chi connectivity index (χ2n) is 3.34. The summed E-state index contributed by atoms with van der Waals surface area (Å²) in [6, 6.07) is 10.2. The maximum absolute atomic E-state index is 4.34. The van der Waals surface area contributed by atoms with E-state index in [0.29, 0.717) is 0 Å². The van der Waals surface area contributed by atoms with E-state index in [-0.39, 0.29) is 0 Å². The third-order valence-electron chi connectivity index (χ3n) is 2.33. The van der Waals surface area contributed by atoms with Crippen LogP contribution >= 0.6 is 11.3 Å². The highest BCUT2D eigenvalue weighted by molar-refractivity contribution is 7.13. The molecule has 78 valence electrons. The van der Waals surface area contributed by atoms with Gasteiger partial charge in [-0.25, -0.2) is 9.97 Å². The van der Waals surface area contributed by atoms with E-state index in [2.05, 4.69) is 27.4 Å². The largest absolute Gasteiger partial charge is 0.316 e. The number of pyridine rings is 1. The summed E-state index contributed by atoms with van der Waals surface area (Å²) in [5.74, 6) is 0.855. The lowest BCUT2D eigenvalue weighted by Crippen LogP contribution is -1.93. The third kappa shape index (κ3) is 1.63. The number of nitrogens with one attached hydrogen (secondary N) is 1. The summed E-state index contributed by atoms with van der Waals surface area (Å²) in [6.45, 7) is 0. The van der Waals surface area contributed by atoms with Crippen molar-refractivity contribution in [1.29, 1.82) is 0 Å². The average molecular weight is 227 g/mol. The van der Waals surface area contributed by atoms with Gasteiger partial charge in [0, 0.05) is 23.2 Å². The molecular weight excluding hydrogens is 218 g/mol. The van der Waals surface area contributed by atoms with Gasteiger partial charge in [-0.05, 0) is 11.5 Å². The molecule has 0 saturated heterocycles. The van der Waals surface area contributed by atoms with Crippen LogP contribution in [0.25, 0.3) is 10.8 Å². The Morgan fingerprint density at radius 1 is 1.00 bits per heavy atom. The van der Waals surface area contributed by atoms with E-state index in [0.717, 1.165) is 16.3 Å². The summed E-state index contributed by atoms with van der Waals surface area (Å²) in [5.41, 5.74) is 0. The predicted octanol–water partition coefficient (Wildman–Crippen LogP) is 3.43. The third-order valence-corrected chi connectivity index (χ3v) is 3.02. The molecule has 2 heterocycles. The van der Waals surface area contributed by atoms with Crippen LogP contribution in [0.2, 0.25) is 0 Å². The molecule has 0 aliphatic heterocycles. The number of fused-ring (bicyclic) bond motifs is 1. The van der Waals surface area contributed by atoms with E-state index >= 15 is 0 Å². The van der Waals surface area contributed by atoms with Crippen molar-refractivity contribution in [2.24, 2.45) is 0 Å². The SMILES string of the molecule is c1ccc2c(Nc3nccs3)nccc2c1. The summed E-state index contributed by atoms with van der Waals surface area (Å²) < 4.78 is 0. The van der Waals surface area contributed by atoms with Crippen LogP contribution in [0.4, 0.5) is 10.9 Å². The summed E-state index contributed by atoms with van der Waals surface area (Å²) in [5, 5.41) is 8.31. The molecule has 3 rings (SSSR count). The lowest BCUT2D eigenvalue weighted by Gasteiger charge is -2.05. The number of aromatic nitrogens is 2. The topological polar surface area (TPSA) is 37.8 Å². The molecule has 16 heavy (non-hydrogen) atoms. The Balaban J connectivity index is 2.10. The van der Waals surface area contributed by atoms with Crippen molar-refractivity contribution in [3.63, 3.8) is 0 Å². The fourth-order valence-corrected chi connectivity index (χ4v) is 2.13. The fourth-order valence-electron chi connectivity index (χ4n) is 1.61. The summed E-state index contributed by atoms with van der Waals surface area (Å²) in [4.78, 5) is 8.52. The number of nitrogens with zero attached hydrogens (tertiary/aromatic N) is 2. The van der Waals surface area contributed by atoms with Gasteiger partial charge in [-0.15, -0.1) is 11.3 Å². The van der Waals surface area contributed by atoms with Gasteiger partial charge in [0.1, 0.15) is 5.82 Å². The quantitative estimate of drug-likeness (QED) is 0.728. The molecule has 0 aliphatic carbocycles. The first kappa shape index (κ1) is 9.30. The molecule has 1 aromatic carbocycles. The number of thiazole rings is 1. The van der Waals surface area contributed by atoms with Crippen LogP contribution in [0.3, 0.4) is 0 Å². The van der Waals surface area contributed by atoms with E-state index in [1.54, 1.807) is 23.7 Å². The molecule has 0 saturated carbocycles. The van der Waals surface area contributed by atoms with E-state index < -0.39 is 0 Å². The molecule has 0 spiro atoms. The first-order valence-electron chi connectivity index (χ1n) is 4.94. The maximum atomic E-state index is 4.34. The first-order valence-corrected chi connectivity index (χ1v) is 5.82. The van der Waals surface area contributed by atoms with E-state index in [1.165, 1.54) is 5.39 Å². The maximum Gasteiger partial charge on any atom is 0.188 e. The van der Waals surface area contributed by atoms with E-state index in [1.807, 2.05) is 23.6 Å². The molecule has 2 aromatic heterocycles. The van der Waals surface area contributed by atoms with Gasteiger partial charge in [-0.3, -0.25) is 0 Å². The standard InChI is InChI=1S/C12H9N3S/c1-2-4-10-9(3-1)5-6-13-11(10)15-12-14-7-8-16-12/h1-8H,(H,13,14,15). The van der Waals surface area contributed by atoms with Gasteiger partial charge < -0.3 is 5.32 Å². The highest BCUT2D eigenvalue weighted by Crippen LogP contribution is 2.24. The predicted molar refractivity (Wildman–Crippen MR) is 67.1 cm³/mol. The zero-order valence-electron chi connectivity index (χ0n) is 8.42. The van der Waals surface area contributed by atoms with Crippen molar-refractivity contribution in [1.82, 2.24) is 9.97 Å². The minimum atomic E-state index is 0.855. The first-order chi connectivity index (χ1) is 7.93. The van der Waals surface area contributed by atoms with E-state index in [4.69, 9.17) is 0 Å². The van der Waals surface area contributed by atoms with Crippen LogP contribution in [-0.2, 0) is 0 Å². The molecule has 4 heteroatoms. The zero-order chi connectivity index (χ0) is 10.8. The Labute approximate surface area is 96.8 Å². The van der Waals surface area contributed by atoms with Crippen molar-refractivity contribution < 1.29 is 0 Å². The molecule has 3 nitrogen and oxygen atoms in total. The van der Waals surface area contributed by atoms with Gasteiger partial charge in [0.15, 0.2) is 5.13 Å². The van der Waals surface area contributed by atoms with Gasteiger partial charge in [-0.2, -0.15) is 0 Å². The molecule has 0 fully saturated rings. The Hall–Kier alpha value is -1.94. The molecule has 0 bridgehead atoms. The molecule has 0 unspecified atom stereocenters. The number of benzene rings is 1. The highest BCUT2D eigenvalue weighted by atomic mass is 32.1. The Morgan fingerprint density at radius 3 is 2.81 bits per heavy atom. The average Bonchev–Trinajstić information content (AvgIpc) is 2.82. The minimum Gasteiger partial charge on any atom is -0.316 e. The van der Waals surface area contributed by atoms with Crippen LogP contribution in [0.15, 0.2) is 48.1 Å². The highest BCUT2D eigenvalue weighted by Gasteiger charge is 2.02. The second kappa shape index (κ2) is 3.90. The Bertz CT molecular complexity index is 599. The second-order valence-corrected chi connectivity index (χ2v) is 4.24. The lowest BCUT2D eigenvalue weighted by atomic mass is 10.2. The summed E-state index contributed by atoms with van der Waals surface area (Å²) in [6.07, 6.45) is 3.58. The minimum absolute atomic E-state index is 0.855. The lowest BCUT2D eigenvalue weighted by molar-refractivity contribution is 1.31. The Kier molecular flexibility index (Phi) is 2.27. The normalized spacial score (nSPS) is 10.5. The number of anilines is 2. The van der Waals surface area contributed by atoms with Gasteiger partial charge in [-0.1, -0.05) is 24.3 Å². The molecule has 0 atom stereocenters. The fraction of sp³-hybridized carbons (Fsp3) is 0. The van der Waals surface area contributed by atoms with Crippen molar-refractivity contribution in [3.8, 4) is 0 Å². The van der Waals surface area contributed by atoms with Gasteiger partial charge >= 0.3 is 0 Å². The van der Waals surface area contributed by atoms with Crippen molar-refractivity contribution in [3.05, 3.63) is 48.1 Å². The molecular formula is C12H9N3S. The van der Waals surface area contributed by atoms with Gasteiger partial charge in [0.05, 0.1) is 0 Å².